The minimum Gasteiger partial charge on any atom is -0.480 e. The number of hydrogen-bond acceptors (Lipinski definition) is 3. The topological polar surface area (TPSA) is 95.1 Å². The number of carbonyl (C=O) groups is 2. The average molecular weight is 317 g/mol. The zero-order chi connectivity index (χ0) is 16.0. The predicted octanol–water partition coefficient (Wildman–Crippen LogP) is 1.74. The summed E-state index contributed by atoms with van der Waals surface area (Å²) in [5.41, 5.74) is 0.416. The van der Waals surface area contributed by atoms with Crippen LogP contribution in [0.4, 0.5) is 0 Å². The van der Waals surface area contributed by atoms with Crippen LogP contribution in [-0.4, -0.2) is 33.0 Å². The van der Waals surface area contributed by atoms with Gasteiger partial charge in [-0.05, 0) is 56.3 Å². The Morgan fingerprint density at radius 3 is 2.35 bits per heavy atom. The number of imidazole rings is 1. The Kier molecular flexibility index (Phi) is 3.43. The molecular formula is C17H23N3O3. The second kappa shape index (κ2) is 5.35. The number of aromatic nitrogens is 2. The zero-order valence-corrected chi connectivity index (χ0v) is 13.1. The molecule has 4 bridgehead atoms. The number of nitrogens with zero attached hydrogens (tertiary/aromatic N) is 1. The summed E-state index contributed by atoms with van der Waals surface area (Å²) >= 11 is 0. The van der Waals surface area contributed by atoms with E-state index in [1.165, 1.54) is 25.6 Å². The molecule has 0 saturated heterocycles. The monoisotopic (exact) mass is 317 g/mol. The molecule has 4 aliphatic rings. The standard InChI is InChI=1S/C17H23N3O3/c21-15(22)14(4-13-8-18-9-19-13)20-16(23)17-5-10-1-11(6-17)3-12(2-10)7-17/h8-12,14H,1-7H2,(H,18,19)(H,20,23)(H,21,22). The highest BCUT2D eigenvalue weighted by atomic mass is 16.4. The van der Waals surface area contributed by atoms with E-state index in [4.69, 9.17) is 0 Å². The lowest BCUT2D eigenvalue weighted by Gasteiger charge is -2.55. The summed E-state index contributed by atoms with van der Waals surface area (Å²) in [4.78, 5) is 31.3. The average Bonchev–Trinajstić information content (AvgIpc) is 2.98. The lowest BCUT2D eigenvalue weighted by Crippen LogP contribution is -2.56. The zero-order valence-electron chi connectivity index (χ0n) is 13.1. The van der Waals surface area contributed by atoms with E-state index in [0.717, 1.165) is 25.0 Å². The fraction of sp³-hybridized carbons (Fsp3) is 0.706. The fourth-order valence-corrected chi connectivity index (χ4v) is 5.52. The first-order chi connectivity index (χ1) is 11.0. The minimum atomic E-state index is -0.988. The molecule has 4 fully saturated rings. The quantitative estimate of drug-likeness (QED) is 0.771. The highest BCUT2D eigenvalue weighted by Crippen LogP contribution is 2.60. The number of H-pyrrole nitrogens is 1. The van der Waals surface area contributed by atoms with E-state index < -0.39 is 12.0 Å². The van der Waals surface area contributed by atoms with Crippen molar-refractivity contribution in [3.8, 4) is 0 Å². The van der Waals surface area contributed by atoms with Gasteiger partial charge in [0.1, 0.15) is 6.04 Å². The molecule has 1 aromatic heterocycles. The molecule has 0 aliphatic heterocycles. The van der Waals surface area contributed by atoms with Crippen LogP contribution in [-0.2, 0) is 16.0 Å². The van der Waals surface area contributed by atoms with Crippen LogP contribution in [0.1, 0.15) is 44.2 Å². The Hall–Kier alpha value is -1.85. The van der Waals surface area contributed by atoms with Gasteiger partial charge in [0, 0.05) is 23.7 Å². The van der Waals surface area contributed by atoms with E-state index in [9.17, 15) is 14.7 Å². The Bertz CT molecular complexity index is 575. The van der Waals surface area contributed by atoms with Gasteiger partial charge in [-0.2, -0.15) is 0 Å². The molecule has 0 aromatic carbocycles. The van der Waals surface area contributed by atoms with Crippen LogP contribution in [0.5, 0.6) is 0 Å². The summed E-state index contributed by atoms with van der Waals surface area (Å²) in [5.74, 6) is 0.981. The van der Waals surface area contributed by atoms with Gasteiger partial charge in [0.05, 0.1) is 6.33 Å². The van der Waals surface area contributed by atoms with Crippen molar-refractivity contribution in [3.05, 3.63) is 18.2 Å². The van der Waals surface area contributed by atoms with Crippen molar-refractivity contribution >= 4 is 11.9 Å². The molecule has 1 heterocycles. The van der Waals surface area contributed by atoms with E-state index >= 15 is 0 Å². The third-order valence-electron chi connectivity index (χ3n) is 6.10. The Balaban J connectivity index is 1.48. The van der Waals surface area contributed by atoms with Gasteiger partial charge in [-0.25, -0.2) is 9.78 Å². The van der Waals surface area contributed by atoms with E-state index in [1.807, 2.05) is 0 Å². The highest BCUT2D eigenvalue weighted by Gasteiger charge is 2.54. The third kappa shape index (κ3) is 2.64. The van der Waals surface area contributed by atoms with Crippen LogP contribution in [0.2, 0.25) is 0 Å². The van der Waals surface area contributed by atoms with Gasteiger partial charge >= 0.3 is 5.97 Å². The summed E-state index contributed by atoms with van der Waals surface area (Å²) in [6.45, 7) is 0. The molecule has 1 aromatic rings. The first-order valence-corrected chi connectivity index (χ1v) is 8.55. The number of aromatic amines is 1. The van der Waals surface area contributed by atoms with Gasteiger partial charge < -0.3 is 15.4 Å². The van der Waals surface area contributed by atoms with Crippen LogP contribution in [0.3, 0.4) is 0 Å². The normalized spacial score (nSPS) is 35.9. The molecule has 0 spiro atoms. The molecule has 0 radical (unpaired) electrons. The second-order valence-corrected chi connectivity index (χ2v) is 7.84. The molecule has 1 unspecified atom stereocenters. The molecule has 5 rings (SSSR count). The molecule has 4 saturated carbocycles. The molecule has 6 nitrogen and oxygen atoms in total. The smallest absolute Gasteiger partial charge is 0.326 e. The number of aliphatic carboxylic acids is 1. The Morgan fingerprint density at radius 1 is 1.26 bits per heavy atom. The maximum absolute atomic E-state index is 12.9. The second-order valence-electron chi connectivity index (χ2n) is 7.84. The van der Waals surface area contributed by atoms with E-state index in [-0.39, 0.29) is 17.7 Å². The van der Waals surface area contributed by atoms with E-state index in [2.05, 4.69) is 15.3 Å². The lowest BCUT2D eigenvalue weighted by molar-refractivity contribution is -0.151. The van der Waals surface area contributed by atoms with Gasteiger partial charge in [-0.3, -0.25) is 4.79 Å². The van der Waals surface area contributed by atoms with Crippen LogP contribution >= 0.6 is 0 Å². The maximum Gasteiger partial charge on any atom is 0.326 e. The number of hydrogen-bond donors (Lipinski definition) is 3. The number of amides is 1. The Labute approximate surface area is 135 Å². The molecule has 4 aliphatic carbocycles. The summed E-state index contributed by atoms with van der Waals surface area (Å²) < 4.78 is 0. The minimum absolute atomic E-state index is 0.0384. The number of carbonyl (C=O) groups excluding carboxylic acids is 1. The SMILES string of the molecule is O=C(O)C(Cc1cnc[nH]1)NC(=O)C12CC3CC(CC(C3)C1)C2. The summed E-state index contributed by atoms with van der Waals surface area (Å²) in [6, 6.07) is -0.893. The number of carboxylic acid groups (broad SMARTS) is 1. The van der Waals surface area contributed by atoms with Crippen molar-refractivity contribution in [2.45, 2.75) is 51.0 Å². The van der Waals surface area contributed by atoms with Gasteiger partial charge in [-0.1, -0.05) is 0 Å². The number of carboxylic acids is 1. The first kappa shape index (κ1) is 14.7. The van der Waals surface area contributed by atoms with Crippen LogP contribution in [0, 0.1) is 23.2 Å². The van der Waals surface area contributed by atoms with Crippen LogP contribution < -0.4 is 5.32 Å². The molecule has 3 N–H and O–H groups in total. The first-order valence-electron chi connectivity index (χ1n) is 8.55. The predicted molar refractivity (Wildman–Crippen MR) is 82.5 cm³/mol. The largest absolute Gasteiger partial charge is 0.480 e. The third-order valence-corrected chi connectivity index (χ3v) is 6.10. The maximum atomic E-state index is 12.9. The molecular weight excluding hydrogens is 294 g/mol. The summed E-state index contributed by atoms with van der Waals surface area (Å²) in [5, 5.41) is 12.3. The molecule has 1 amide bonds. The van der Waals surface area contributed by atoms with Gasteiger partial charge in [0.15, 0.2) is 0 Å². The molecule has 6 heteroatoms. The van der Waals surface area contributed by atoms with Gasteiger partial charge in [-0.15, -0.1) is 0 Å². The van der Waals surface area contributed by atoms with Gasteiger partial charge in [0.2, 0.25) is 5.91 Å². The van der Waals surface area contributed by atoms with Crippen LogP contribution in [0.25, 0.3) is 0 Å². The van der Waals surface area contributed by atoms with Crippen molar-refractivity contribution < 1.29 is 14.7 Å². The molecule has 1 atom stereocenters. The summed E-state index contributed by atoms with van der Waals surface area (Å²) in [7, 11) is 0. The van der Waals surface area contributed by atoms with E-state index in [0.29, 0.717) is 17.8 Å². The van der Waals surface area contributed by atoms with Crippen molar-refractivity contribution in [3.63, 3.8) is 0 Å². The van der Waals surface area contributed by atoms with Gasteiger partial charge in [0.25, 0.3) is 0 Å². The number of nitrogens with one attached hydrogen (secondary N) is 2. The van der Waals surface area contributed by atoms with Crippen molar-refractivity contribution in [2.24, 2.45) is 23.2 Å². The molecule has 124 valence electrons. The van der Waals surface area contributed by atoms with Crippen molar-refractivity contribution in [1.29, 1.82) is 0 Å². The van der Waals surface area contributed by atoms with Crippen LogP contribution in [0.15, 0.2) is 12.5 Å². The lowest BCUT2D eigenvalue weighted by atomic mass is 9.49. The van der Waals surface area contributed by atoms with Crippen molar-refractivity contribution in [1.82, 2.24) is 15.3 Å². The molecule has 23 heavy (non-hydrogen) atoms. The van der Waals surface area contributed by atoms with E-state index in [1.54, 1.807) is 6.20 Å². The fourth-order valence-electron chi connectivity index (χ4n) is 5.52. The number of rotatable bonds is 5. The summed E-state index contributed by atoms with van der Waals surface area (Å²) in [6.07, 6.45) is 10.0. The van der Waals surface area contributed by atoms with Crippen molar-refractivity contribution in [2.75, 3.05) is 0 Å². The highest BCUT2D eigenvalue weighted by molar-refractivity contribution is 5.88. The Morgan fingerprint density at radius 2 is 1.87 bits per heavy atom.